The molecule has 1 aromatic heterocycles. The van der Waals surface area contributed by atoms with Crippen molar-refractivity contribution in [1.82, 2.24) is 9.47 Å². The fourth-order valence-electron chi connectivity index (χ4n) is 2.62. The zero-order valence-electron chi connectivity index (χ0n) is 12.7. The van der Waals surface area contributed by atoms with E-state index in [-0.39, 0.29) is 30.1 Å². The molecule has 22 heavy (non-hydrogen) atoms. The second-order valence-electron chi connectivity index (χ2n) is 5.32. The van der Waals surface area contributed by atoms with E-state index >= 15 is 0 Å². The number of likely N-dealkylation sites (N-methyl/N-ethyl adjacent to an activating group) is 1. The van der Waals surface area contributed by atoms with Crippen LogP contribution in [-0.2, 0) is 26.4 Å². The smallest absolute Gasteiger partial charge is 0.355 e. The number of carbonyl (C=O) groups excluding carboxylic acids is 2. The maximum Gasteiger partial charge on any atom is 0.355 e. The van der Waals surface area contributed by atoms with Crippen molar-refractivity contribution in [2.24, 2.45) is 7.05 Å². The highest BCUT2D eigenvalue weighted by Crippen LogP contribution is 2.18. The predicted molar refractivity (Wildman–Crippen MR) is 80.1 cm³/mol. The van der Waals surface area contributed by atoms with Crippen molar-refractivity contribution in [2.75, 3.05) is 24.7 Å². The number of ether oxygens (including phenoxy) is 1. The molecule has 0 aromatic carbocycles. The van der Waals surface area contributed by atoms with E-state index in [1.54, 1.807) is 36.9 Å². The van der Waals surface area contributed by atoms with E-state index in [1.807, 2.05) is 0 Å². The summed E-state index contributed by atoms with van der Waals surface area (Å²) in [6, 6.07) is 2.99. The van der Waals surface area contributed by atoms with Gasteiger partial charge in [0.2, 0.25) is 0 Å². The molecule has 2 rings (SSSR count). The second-order valence-corrected chi connectivity index (χ2v) is 7.55. The highest BCUT2D eigenvalue weighted by molar-refractivity contribution is 7.91. The van der Waals surface area contributed by atoms with Crippen molar-refractivity contribution in [1.29, 1.82) is 0 Å². The fourth-order valence-corrected chi connectivity index (χ4v) is 4.35. The monoisotopic (exact) mass is 328 g/mol. The molecule has 122 valence electrons. The molecule has 1 aromatic rings. The first-order valence-electron chi connectivity index (χ1n) is 7.12. The van der Waals surface area contributed by atoms with Gasteiger partial charge in [-0.2, -0.15) is 0 Å². The van der Waals surface area contributed by atoms with E-state index in [9.17, 15) is 18.0 Å². The summed E-state index contributed by atoms with van der Waals surface area (Å²) in [7, 11) is -1.35. The Morgan fingerprint density at radius 2 is 2.18 bits per heavy atom. The third kappa shape index (κ3) is 3.68. The topological polar surface area (TPSA) is 85.7 Å². The minimum absolute atomic E-state index is 0.0155. The predicted octanol–water partition coefficient (Wildman–Crippen LogP) is 0.217. The number of rotatable bonds is 5. The quantitative estimate of drug-likeness (QED) is 0.722. The molecule has 1 aliphatic heterocycles. The van der Waals surface area contributed by atoms with E-state index in [1.165, 1.54) is 4.90 Å². The molecular formula is C14H20N2O5S. The molecule has 0 saturated carbocycles. The van der Waals surface area contributed by atoms with Crippen LogP contribution in [0.2, 0.25) is 0 Å². The maximum absolute atomic E-state index is 12.2. The number of nitrogens with zero attached hydrogens (tertiary/aromatic N) is 2. The molecule has 0 aliphatic carbocycles. The average molecular weight is 328 g/mol. The SMILES string of the molecule is CCN(C(=O)COC(=O)c1cccn1C)[C@@H]1CCS(=O)(=O)C1. The minimum atomic E-state index is -3.06. The van der Waals surface area contributed by atoms with Crippen LogP contribution < -0.4 is 0 Å². The van der Waals surface area contributed by atoms with Crippen molar-refractivity contribution >= 4 is 21.7 Å². The first-order chi connectivity index (χ1) is 10.3. The summed E-state index contributed by atoms with van der Waals surface area (Å²) in [5.74, 6) is -0.855. The van der Waals surface area contributed by atoms with Gasteiger partial charge in [0.15, 0.2) is 16.4 Å². The van der Waals surface area contributed by atoms with Crippen molar-refractivity contribution in [2.45, 2.75) is 19.4 Å². The van der Waals surface area contributed by atoms with Gasteiger partial charge in [-0.05, 0) is 25.5 Å². The third-order valence-corrected chi connectivity index (χ3v) is 5.54. The van der Waals surface area contributed by atoms with E-state index in [2.05, 4.69) is 0 Å². The van der Waals surface area contributed by atoms with Crippen LogP contribution in [0.4, 0.5) is 0 Å². The lowest BCUT2D eigenvalue weighted by atomic mass is 10.2. The molecule has 1 fully saturated rings. The largest absolute Gasteiger partial charge is 0.451 e. The van der Waals surface area contributed by atoms with Gasteiger partial charge in [0, 0.05) is 25.8 Å². The normalized spacial score (nSPS) is 19.8. The average Bonchev–Trinajstić information content (AvgIpc) is 3.03. The summed E-state index contributed by atoms with van der Waals surface area (Å²) < 4.78 is 29.7. The number of aromatic nitrogens is 1. The van der Waals surface area contributed by atoms with Crippen LogP contribution in [-0.4, -0.2) is 60.5 Å². The van der Waals surface area contributed by atoms with E-state index in [0.29, 0.717) is 18.7 Å². The number of sulfone groups is 1. The molecule has 0 N–H and O–H groups in total. The Kier molecular flexibility index (Phi) is 4.90. The number of amides is 1. The lowest BCUT2D eigenvalue weighted by Crippen LogP contribution is -2.43. The van der Waals surface area contributed by atoms with Gasteiger partial charge in [-0.15, -0.1) is 0 Å². The van der Waals surface area contributed by atoms with E-state index in [4.69, 9.17) is 4.74 Å². The van der Waals surface area contributed by atoms with Crippen molar-refractivity contribution in [3.8, 4) is 0 Å². The van der Waals surface area contributed by atoms with Crippen LogP contribution in [0.5, 0.6) is 0 Å². The van der Waals surface area contributed by atoms with Crippen LogP contribution >= 0.6 is 0 Å². The Morgan fingerprint density at radius 1 is 1.45 bits per heavy atom. The minimum Gasteiger partial charge on any atom is -0.451 e. The van der Waals surface area contributed by atoms with E-state index in [0.717, 1.165) is 0 Å². The van der Waals surface area contributed by atoms with Crippen molar-refractivity contribution in [3.63, 3.8) is 0 Å². The number of carbonyl (C=O) groups is 2. The summed E-state index contributed by atoms with van der Waals surface area (Å²) in [5, 5.41) is 0. The highest BCUT2D eigenvalue weighted by atomic mass is 32.2. The first-order valence-corrected chi connectivity index (χ1v) is 8.94. The van der Waals surface area contributed by atoms with Crippen LogP contribution in [0.3, 0.4) is 0 Å². The first kappa shape index (κ1) is 16.5. The van der Waals surface area contributed by atoms with E-state index < -0.39 is 15.8 Å². The number of aryl methyl sites for hydroxylation is 1. The molecule has 7 nitrogen and oxygen atoms in total. The molecule has 1 atom stereocenters. The summed E-state index contributed by atoms with van der Waals surface area (Å²) in [6.07, 6.45) is 2.15. The summed E-state index contributed by atoms with van der Waals surface area (Å²) in [6.45, 7) is 1.79. The van der Waals surface area contributed by atoms with Gasteiger partial charge in [0.25, 0.3) is 5.91 Å². The Labute approximate surface area is 129 Å². The third-order valence-electron chi connectivity index (χ3n) is 3.79. The van der Waals surface area contributed by atoms with Crippen molar-refractivity contribution in [3.05, 3.63) is 24.0 Å². The lowest BCUT2D eigenvalue weighted by molar-refractivity contribution is -0.136. The molecule has 8 heteroatoms. The molecule has 2 heterocycles. The van der Waals surface area contributed by atoms with Gasteiger partial charge in [0.05, 0.1) is 11.5 Å². The van der Waals surface area contributed by atoms with Gasteiger partial charge in [-0.25, -0.2) is 13.2 Å². The van der Waals surface area contributed by atoms with Crippen LogP contribution in [0, 0.1) is 0 Å². The molecule has 0 spiro atoms. The van der Waals surface area contributed by atoms with Crippen LogP contribution in [0.1, 0.15) is 23.8 Å². The number of esters is 1. The van der Waals surface area contributed by atoms with Crippen molar-refractivity contribution < 1.29 is 22.7 Å². The molecule has 1 aliphatic rings. The molecule has 0 unspecified atom stereocenters. The molecular weight excluding hydrogens is 308 g/mol. The fraction of sp³-hybridized carbons (Fsp3) is 0.571. The summed E-state index contributed by atoms with van der Waals surface area (Å²) in [5.41, 5.74) is 0.360. The lowest BCUT2D eigenvalue weighted by Gasteiger charge is -2.26. The Morgan fingerprint density at radius 3 is 2.68 bits per heavy atom. The van der Waals surface area contributed by atoms with Gasteiger partial charge < -0.3 is 14.2 Å². The number of hydrogen-bond acceptors (Lipinski definition) is 5. The highest BCUT2D eigenvalue weighted by Gasteiger charge is 2.34. The van der Waals surface area contributed by atoms with Gasteiger partial charge in [-0.3, -0.25) is 4.79 Å². The molecule has 1 saturated heterocycles. The zero-order valence-corrected chi connectivity index (χ0v) is 13.5. The molecule has 0 radical (unpaired) electrons. The Hall–Kier alpha value is -1.83. The number of hydrogen-bond donors (Lipinski definition) is 0. The molecule has 0 bridgehead atoms. The summed E-state index contributed by atoms with van der Waals surface area (Å²) >= 11 is 0. The maximum atomic E-state index is 12.2. The Balaban J connectivity index is 1.93. The standard InChI is InChI=1S/C14H20N2O5S/c1-3-16(11-6-8-22(19,20)10-11)13(17)9-21-14(18)12-5-4-7-15(12)2/h4-5,7,11H,3,6,8-10H2,1-2H3/t11-/m1/s1. The van der Waals surface area contributed by atoms with Crippen LogP contribution in [0.15, 0.2) is 18.3 Å². The van der Waals surface area contributed by atoms with Gasteiger partial charge in [-0.1, -0.05) is 0 Å². The molecule has 1 amide bonds. The zero-order chi connectivity index (χ0) is 16.3. The second kappa shape index (κ2) is 6.51. The van der Waals surface area contributed by atoms with Gasteiger partial charge >= 0.3 is 5.97 Å². The van der Waals surface area contributed by atoms with Gasteiger partial charge in [0.1, 0.15) is 5.69 Å². The summed E-state index contributed by atoms with van der Waals surface area (Å²) in [4.78, 5) is 25.5. The Bertz CT molecular complexity index is 665. The van der Waals surface area contributed by atoms with Crippen LogP contribution in [0.25, 0.3) is 0 Å².